The van der Waals surface area contributed by atoms with Gasteiger partial charge in [0.1, 0.15) is 5.56 Å². The Balaban J connectivity index is 3.53. The van der Waals surface area contributed by atoms with E-state index in [-0.39, 0.29) is 0 Å². The minimum absolute atomic E-state index is 0.468. The van der Waals surface area contributed by atoms with Crippen molar-refractivity contribution in [2.45, 2.75) is 6.18 Å². The summed E-state index contributed by atoms with van der Waals surface area (Å²) < 4.78 is 54.5. The number of carbonyl (C=O) groups is 1. The van der Waals surface area contributed by atoms with E-state index in [1.807, 2.05) is 0 Å². The van der Waals surface area contributed by atoms with Gasteiger partial charge in [0.15, 0.2) is 5.82 Å². The van der Waals surface area contributed by atoms with Gasteiger partial charge in [-0.3, -0.25) is 0 Å². The molecule has 0 aliphatic heterocycles. The average Bonchev–Trinajstić information content (AvgIpc) is 2.20. The van der Waals surface area contributed by atoms with Gasteiger partial charge in [-0.1, -0.05) is 15.9 Å². The third-order valence-corrected chi connectivity index (χ3v) is 2.57. The van der Waals surface area contributed by atoms with Crippen molar-refractivity contribution in [2.24, 2.45) is 0 Å². The van der Waals surface area contributed by atoms with E-state index in [4.69, 9.17) is 5.73 Å². The fraction of sp³-hybridized carbons (Fsp3) is 0.222. The zero-order valence-electron chi connectivity index (χ0n) is 8.36. The topological polar surface area (TPSA) is 52.3 Å². The number of nitrogens with two attached hydrogens (primary N) is 1. The lowest BCUT2D eigenvalue weighted by atomic mass is 10.1. The largest absolute Gasteiger partial charge is 0.465 e. The molecule has 8 heteroatoms. The first kappa shape index (κ1) is 13.8. The predicted octanol–water partition coefficient (Wildman–Crippen LogP) is 2.98. The van der Waals surface area contributed by atoms with Crippen LogP contribution < -0.4 is 5.73 Å². The number of esters is 1. The molecule has 2 N–H and O–H groups in total. The molecule has 1 aromatic carbocycles. The SMILES string of the molecule is COC(=O)c1cc(Br)c(C(F)(F)F)c(F)c1N. The van der Waals surface area contributed by atoms with Gasteiger partial charge in [0, 0.05) is 4.47 Å². The first-order chi connectivity index (χ1) is 7.70. The number of ether oxygens (including phenoxy) is 1. The predicted molar refractivity (Wildman–Crippen MR) is 54.9 cm³/mol. The second kappa shape index (κ2) is 4.52. The maximum Gasteiger partial charge on any atom is 0.420 e. The Hall–Kier alpha value is -1.31. The standard InChI is InChI=1S/C9H6BrF4NO2/c1-17-8(16)3-2-4(10)5(9(12,13)14)6(11)7(3)15/h2H,15H2,1H3. The number of anilines is 1. The Bertz CT molecular complexity index is 473. The van der Waals surface area contributed by atoms with Gasteiger partial charge in [0.25, 0.3) is 0 Å². The molecule has 94 valence electrons. The fourth-order valence-corrected chi connectivity index (χ4v) is 1.80. The molecule has 0 heterocycles. The first-order valence-corrected chi connectivity index (χ1v) is 4.92. The van der Waals surface area contributed by atoms with Gasteiger partial charge in [-0.2, -0.15) is 13.2 Å². The van der Waals surface area contributed by atoms with E-state index in [0.29, 0.717) is 0 Å². The van der Waals surface area contributed by atoms with Crippen molar-refractivity contribution < 1.29 is 27.1 Å². The summed E-state index contributed by atoms with van der Waals surface area (Å²) in [6.45, 7) is 0. The number of halogens is 5. The molecule has 0 bridgehead atoms. The van der Waals surface area contributed by atoms with Gasteiger partial charge in [-0.15, -0.1) is 0 Å². The van der Waals surface area contributed by atoms with Crippen LogP contribution in [0.4, 0.5) is 23.2 Å². The van der Waals surface area contributed by atoms with E-state index in [0.717, 1.165) is 13.2 Å². The maximum atomic E-state index is 13.4. The van der Waals surface area contributed by atoms with Gasteiger partial charge in [0.05, 0.1) is 18.4 Å². The van der Waals surface area contributed by atoms with Crippen LogP contribution in [0.1, 0.15) is 15.9 Å². The Kier molecular flexibility index (Phi) is 3.65. The fourth-order valence-electron chi connectivity index (χ4n) is 1.17. The van der Waals surface area contributed by atoms with Crippen molar-refractivity contribution in [1.29, 1.82) is 0 Å². The van der Waals surface area contributed by atoms with Gasteiger partial charge >= 0.3 is 12.1 Å². The number of benzene rings is 1. The van der Waals surface area contributed by atoms with Crippen LogP contribution in [0.2, 0.25) is 0 Å². The van der Waals surface area contributed by atoms with Crippen LogP contribution in [-0.4, -0.2) is 13.1 Å². The quantitative estimate of drug-likeness (QED) is 0.492. The van der Waals surface area contributed by atoms with Crippen molar-refractivity contribution in [2.75, 3.05) is 12.8 Å². The summed E-state index contributed by atoms with van der Waals surface area (Å²) in [6.07, 6.45) is -4.91. The smallest absolute Gasteiger partial charge is 0.420 e. The van der Waals surface area contributed by atoms with E-state index in [9.17, 15) is 22.4 Å². The summed E-state index contributed by atoms with van der Waals surface area (Å²) in [5.74, 6) is -2.72. The van der Waals surface area contributed by atoms with Crippen molar-refractivity contribution in [3.63, 3.8) is 0 Å². The summed E-state index contributed by atoms with van der Waals surface area (Å²) in [6, 6.07) is 0.771. The van der Waals surface area contributed by atoms with Crippen LogP contribution in [-0.2, 0) is 10.9 Å². The summed E-state index contributed by atoms with van der Waals surface area (Å²) in [5.41, 5.74) is 2.21. The maximum absolute atomic E-state index is 13.4. The molecule has 0 aliphatic rings. The molecule has 3 nitrogen and oxygen atoms in total. The number of hydrogen-bond donors (Lipinski definition) is 1. The molecule has 0 amide bonds. The minimum Gasteiger partial charge on any atom is -0.465 e. The van der Waals surface area contributed by atoms with Crippen LogP contribution in [0.25, 0.3) is 0 Å². The molecule has 17 heavy (non-hydrogen) atoms. The third-order valence-electron chi connectivity index (χ3n) is 1.94. The van der Waals surface area contributed by atoms with Crippen LogP contribution in [0.5, 0.6) is 0 Å². The molecule has 0 fully saturated rings. The summed E-state index contributed by atoms with van der Waals surface area (Å²) in [7, 11) is 1.01. The second-order valence-electron chi connectivity index (χ2n) is 3.00. The molecule has 0 aromatic heterocycles. The highest BCUT2D eigenvalue weighted by atomic mass is 79.9. The van der Waals surface area contributed by atoms with Crippen molar-refractivity contribution in [3.8, 4) is 0 Å². The lowest BCUT2D eigenvalue weighted by molar-refractivity contribution is -0.140. The van der Waals surface area contributed by atoms with E-state index in [1.165, 1.54) is 0 Å². The molecule has 0 atom stereocenters. The molecule has 0 aliphatic carbocycles. The first-order valence-electron chi connectivity index (χ1n) is 4.13. The summed E-state index contributed by atoms with van der Waals surface area (Å²) in [4.78, 5) is 11.1. The molecule has 0 spiro atoms. The number of rotatable bonds is 1. The highest BCUT2D eigenvalue weighted by molar-refractivity contribution is 9.10. The van der Waals surface area contributed by atoms with E-state index < -0.39 is 39.2 Å². The minimum atomic E-state index is -4.91. The second-order valence-corrected chi connectivity index (χ2v) is 3.85. The zero-order valence-corrected chi connectivity index (χ0v) is 9.95. The highest BCUT2D eigenvalue weighted by Crippen LogP contribution is 2.40. The molecule has 0 radical (unpaired) electrons. The Morgan fingerprint density at radius 1 is 1.47 bits per heavy atom. The van der Waals surface area contributed by atoms with Gasteiger partial charge < -0.3 is 10.5 Å². The van der Waals surface area contributed by atoms with E-state index in [2.05, 4.69) is 20.7 Å². The van der Waals surface area contributed by atoms with Crippen LogP contribution >= 0.6 is 15.9 Å². The molecular weight excluding hydrogens is 310 g/mol. The zero-order chi connectivity index (χ0) is 13.4. The Morgan fingerprint density at radius 2 is 2.00 bits per heavy atom. The monoisotopic (exact) mass is 315 g/mol. The van der Waals surface area contributed by atoms with Gasteiger partial charge in [-0.25, -0.2) is 9.18 Å². The van der Waals surface area contributed by atoms with Crippen molar-refractivity contribution in [3.05, 3.63) is 27.5 Å². The molecule has 0 unspecified atom stereocenters. The molecule has 1 aromatic rings. The Morgan fingerprint density at radius 3 is 2.41 bits per heavy atom. The highest BCUT2D eigenvalue weighted by Gasteiger charge is 2.38. The molecular formula is C9H6BrF4NO2. The normalized spacial score (nSPS) is 11.4. The number of nitrogen functional groups attached to an aromatic ring is 1. The summed E-state index contributed by atoms with van der Waals surface area (Å²) in [5, 5.41) is 0. The van der Waals surface area contributed by atoms with Gasteiger partial charge in [-0.05, 0) is 6.07 Å². The molecule has 0 saturated heterocycles. The average molecular weight is 316 g/mol. The van der Waals surface area contributed by atoms with E-state index in [1.54, 1.807) is 0 Å². The number of carbonyl (C=O) groups excluding carboxylic acids is 1. The van der Waals surface area contributed by atoms with Crippen LogP contribution in [0.15, 0.2) is 10.5 Å². The van der Waals surface area contributed by atoms with Crippen molar-refractivity contribution in [1.82, 2.24) is 0 Å². The van der Waals surface area contributed by atoms with E-state index >= 15 is 0 Å². The van der Waals surface area contributed by atoms with Crippen molar-refractivity contribution >= 4 is 27.6 Å². The number of methoxy groups -OCH3 is 1. The molecule has 0 saturated carbocycles. The molecule has 1 rings (SSSR count). The van der Waals surface area contributed by atoms with Crippen LogP contribution in [0, 0.1) is 5.82 Å². The lowest BCUT2D eigenvalue weighted by Crippen LogP contribution is -2.15. The Labute approximate surface area is 102 Å². The summed E-state index contributed by atoms with van der Waals surface area (Å²) >= 11 is 2.54. The third kappa shape index (κ3) is 2.51. The number of hydrogen-bond acceptors (Lipinski definition) is 3. The van der Waals surface area contributed by atoms with Crippen LogP contribution in [0.3, 0.4) is 0 Å². The lowest BCUT2D eigenvalue weighted by Gasteiger charge is -2.14. The number of alkyl halides is 3. The van der Waals surface area contributed by atoms with Gasteiger partial charge in [0.2, 0.25) is 0 Å².